The minimum atomic E-state index is -1.29. The zero-order chi connectivity index (χ0) is 21.9. The number of anilines is 1. The highest BCUT2D eigenvalue weighted by atomic mass is 16.7. The van der Waals surface area contributed by atoms with Crippen LogP contribution >= 0.6 is 0 Å². The zero-order valence-electron chi connectivity index (χ0n) is 17.5. The van der Waals surface area contributed by atoms with Crippen molar-refractivity contribution >= 4 is 23.7 Å². The van der Waals surface area contributed by atoms with Gasteiger partial charge in [-0.2, -0.15) is 0 Å². The molecule has 30 heavy (non-hydrogen) atoms. The first-order valence-corrected chi connectivity index (χ1v) is 9.57. The Morgan fingerprint density at radius 1 is 1.03 bits per heavy atom. The van der Waals surface area contributed by atoms with Crippen molar-refractivity contribution in [2.75, 3.05) is 25.1 Å². The van der Waals surface area contributed by atoms with Crippen LogP contribution in [0.2, 0.25) is 0 Å². The summed E-state index contributed by atoms with van der Waals surface area (Å²) in [5.74, 6) is -1.72. The monoisotopic (exact) mass is 411 g/mol. The molecule has 0 saturated carbocycles. The molecule has 0 radical (unpaired) electrons. The Bertz CT molecular complexity index is 944. The van der Waals surface area contributed by atoms with E-state index in [1.807, 2.05) is 42.3 Å². The van der Waals surface area contributed by atoms with Crippen LogP contribution in [-0.2, 0) is 23.8 Å². The summed E-state index contributed by atoms with van der Waals surface area (Å²) in [6, 6.07) is 7.81. The van der Waals surface area contributed by atoms with E-state index >= 15 is 0 Å². The first kappa shape index (κ1) is 21.4. The number of carbonyl (C=O) groups excluding carboxylic acids is 2. The lowest BCUT2D eigenvalue weighted by Crippen LogP contribution is -2.42. The van der Waals surface area contributed by atoms with E-state index in [2.05, 4.69) is 0 Å². The van der Waals surface area contributed by atoms with Gasteiger partial charge in [-0.1, -0.05) is 18.2 Å². The Balaban J connectivity index is 1.82. The fourth-order valence-electron chi connectivity index (χ4n) is 3.07. The lowest BCUT2D eigenvalue weighted by Gasteiger charge is -2.30. The van der Waals surface area contributed by atoms with Gasteiger partial charge < -0.3 is 24.2 Å². The topological polar surface area (TPSA) is 85.3 Å². The molecule has 1 aromatic rings. The smallest absolute Gasteiger partial charge is 0.349 e. The molecule has 0 aromatic heterocycles. The quantitative estimate of drug-likeness (QED) is 0.453. The number of likely N-dealkylation sites (N-methyl/N-ethyl adjacent to an activating group) is 1. The number of hydrogen-bond donors (Lipinski definition) is 1. The standard InChI is InChI=1S/C23H25NO6/c1-15-13-17(20-21(26)29-23(2,3)30-22(20)27)14-19(28-15)10-7-16-5-8-18(9-6-16)24(4)11-12-25/h5-10,13-14,25H,11-12H2,1-4H3/b10-7+. The highest BCUT2D eigenvalue weighted by Gasteiger charge is 2.40. The number of cyclic esters (lactones) is 2. The maximum atomic E-state index is 12.3. The fourth-order valence-corrected chi connectivity index (χ4v) is 3.07. The second-order valence-corrected chi connectivity index (χ2v) is 7.48. The molecular weight excluding hydrogens is 386 g/mol. The van der Waals surface area contributed by atoms with Crippen LogP contribution in [0.4, 0.5) is 5.69 Å². The van der Waals surface area contributed by atoms with E-state index in [0.29, 0.717) is 23.6 Å². The van der Waals surface area contributed by atoms with Crippen molar-refractivity contribution in [3.05, 3.63) is 70.7 Å². The maximum Gasteiger partial charge on any atom is 0.349 e. The van der Waals surface area contributed by atoms with Gasteiger partial charge in [0.15, 0.2) is 5.57 Å². The minimum absolute atomic E-state index is 0.0902. The van der Waals surface area contributed by atoms with Gasteiger partial charge in [-0.3, -0.25) is 0 Å². The molecule has 1 saturated heterocycles. The van der Waals surface area contributed by atoms with Gasteiger partial charge in [0.2, 0.25) is 0 Å². The van der Waals surface area contributed by atoms with E-state index in [-0.39, 0.29) is 12.2 Å². The molecule has 0 spiro atoms. The Morgan fingerprint density at radius 2 is 1.67 bits per heavy atom. The van der Waals surface area contributed by atoms with Crippen molar-refractivity contribution in [3.8, 4) is 0 Å². The molecule has 7 heteroatoms. The summed E-state index contributed by atoms with van der Waals surface area (Å²) in [4.78, 5) is 26.6. The number of esters is 2. The molecule has 0 bridgehead atoms. The van der Waals surface area contributed by atoms with Crippen molar-refractivity contribution in [2.45, 2.75) is 26.6 Å². The molecule has 0 amide bonds. The lowest BCUT2D eigenvalue weighted by molar-refractivity contribution is -0.222. The summed E-state index contributed by atoms with van der Waals surface area (Å²) in [5, 5.41) is 9.04. The Morgan fingerprint density at radius 3 is 2.27 bits per heavy atom. The molecule has 2 heterocycles. The largest absolute Gasteiger partial charge is 0.462 e. The third-order valence-corrected chi connectivity index (χ3v) is 4.52. The number of carbonyl (C=O) groups is 2. The molecule has 3 rings (SSSR count). The van der Waals surface area contributed by atoms with Gasteiger partial charge in [-0.05, 0) is 42.8 Å². The lowest BCUT2D eigenvalue weighted by atomic mass is 10.0. The van der Waals surface area contributed by atoms with E-state index in [0.717, 1.165) is 11.3 Å². The molecular formula is C23H25NO6. The first-order chi connectivity index (χ1) is 14.2. The molecule has 1 N–H and O–H groups in total. The van der Waals surface area contributed by atoms with Crippen LogP contribution in [0.25, 0.3) is 6.08 Å². The first-order valence-electron chi connectivity index (χ1n) is 9.57. The van der Waals surface area contributed by atoms with E-state index < -0.39 is 17.7 Å². The highest BCUT2D eigenvalue weighted by molar-refractivity contribution is 6.16. The van der Waals surface area contributed by atoms with Gasteiger partial charge in [-0.15, -0.1) is 0 Å². The van der Waals surface area contributed by atoms with E-state index in [9.17, 15) is 9.59 Å². The van der Waals surface area contributed by atoms with Gasteiger partial charge in [0, 0.05) is 38.7 Å². The zero-order valence-corrected chi connectivity index (χ0v) is 17.5. The number of benzene rings is 1. The van der Waals surface area contributed by atoms with Gasteiger partial charge >= 0.3 is 11.9 Å². The average molecular weight is 411 g/mol. The normalized spacial score (nSPS) is 18.4. The van der Waals surface area contributed by atoms with Crippen LogP contribution in [0.3, 0.4) is 0 Å². The van der Waals surface area contributed by atoms with Crippen LogP contribution < -0.4 is 4.90 Å². The highest BCUT2D eigenvalue weighted by Crippen LogP contribution is 2.29. The number of allylic oxidation sites excluding steroid dienone is 5. The van der Waals surface area contributed by atoms with E-state index in [1.54, 1.807) is 25.2 Å². The summed E-state index contributed by atoms with van der Waals surface area (Å²) in [6.45, 7) is 5.39. The average Bonchev–Trinajstić information content (AvgIpc) is 2.65. The SMILES string of the molecule is CC1=CC(=C2C(=O)OC(C)(C)OC2=O)C=C(/C=C/c2ccc(N(C)CCO)cc2)O1. The molecule has 0 atom stereocenters. The van der Waals surface area contributed by atoms with Crippen LogP contribution in [0.5, 0.6) is 0 Å². The Hall–Kier alpha value is -3.32. The van der Waals surface area contributed by atoms with Crippen LogP contribution in [-0.4, -0.2) is 43.0 Å². The van der Waals surface area contributed by atoms with Crippen LogP contribution in [0.15, 0.2) is 65.2 Å². The predicted molar refractivity (Wildman–Crippen MR) is 112 cm³/mol. The molecule has 7 nitrogen and oxygen atoms in total. The third kappa shape index (κ3) is 4.99. The molecule has 0 aliphatic carbocycles. The molecule has 2 aliphatic rings. The number of aliphatic hydroxyl groups is 1. The predicted octanol–water partition coefficient (Wildman–Crippen LogP) is 3.08. The molecule has 1 fully saturated rings. The number of hydrogen-bond acceptors (Lipinski definition) is 7. The van der Waals surface area contributed by atoms with Crippen molar-refractivity contribution < 1.29 is 28.9 Å². The summed E-state index contributed by atoms with van der Waals surface area (Å²) < 4.78 is 16.1. The summed E-state index contributed by atoms with van der Waals surface area (Å²) in [7, 11) is 1.91. The molecule has 0 unspecified atom stereocenters. The second-order valence-electron chi connectivity index (χ2n) is 7.48. The minimum Gasteiger partial charge on any atom is -0.462 e. The third-order valence-electron chi connectivity index (χ3n) is 4.52. The molecule has 158 valence electrons. The van der Waals surface area contributed by atoms with Crippen molar-refractivity contribution in [2.24, 2.45) is 0 Å². The van der Waals surface area contributed by atoms with Gasteiger partial charge in [-0.25, -0.2) is 9.59 Å². The van der Waals surface area contributed by atoms with E-state index in [4.69, 9.17) is 19.3 Å². The Labute approximate surface area is 175 Å². The molecule has 2 aliphatic heterocycles. The van der Waals surface area contributed by atoms with E-state index in [1.165, 1.54) is 13.8 Å². The number of nitrogens with zero attached hydrogens (tertiary/aromatic N) is 1. The van der Waals surface area contributed by atoms with Gasteiger partial charge in [0.1, 0.15) is 11.5 Å². The summed E-state index contributed by atoms with van der Waals surface area (Å²) in [5.41, 5.74) is 2.17. The second kappa shape index (κ2) is 8.59. The Kier molecular flexibility index (Phi) is 6.12. The fraction of sp³-hybridized carbons (Fsp3) is 0.304. The van der Waals surface area contributed by atoms with Gasteiger partial charge in [0.25, 0.3) is 5.79 Å². The van der Waals surface area contributed by atoms with Crippen LogP contribution in [0, 0.1) is 0 Å². The maximum absolute atomic E-state index is 12.3. The van der Waals surface area contributed by atoms with Crippen molar-refractivity contribution in [1.29, 1.82) is 0 Å². The van der Waals surface area contributed by atoms with Gasteiger partial charge in [0.05, 0.1) is 6.61 Å². The number of rotatable bonds is 5. The molecule has 1 aromatic carbocycles. The summed E-state index contributed by atoms with van der Waals surface area (Å²) in [6.07, 6.45) is 6.82. The number of aliphatic hydroxyl groups excluding tert-OH is 1. The van der Waals surface area contributed by atoms with Crippen molar-refractivity contribution in [3.63, 3.8) is 0 Å². The number of ether oxygens (including phenoxy) is 3. The van der Waals surface area contributed by atoms with Crippen LogP contribution in [0.1, 0.15) is 26.3 Å². The van der Waals surface area contributed by atoms with Crippen molar-refractivity contribution in [1.82, 2.24) is 0 Å². The summed E-state index contributed by atoms with van der Waals surface area (Å²) >= 11 is 0.